The zero-order valence-electron chi connectivity index (χ0n) is 14.4. The number of aryl methyl sites for hydroxylation is 1. The third-order valence-corrected chi connectivity index (χ3v) is 6.44. The minimum Gasteiger partial charge on any atom is -0.473 e. The van der Waals surface area contributed by atoms with Crippen LogP contribution in [0.5, 0.6) is 5.88 Å². The molecule has 2 fully saturated rings. The smallest absolute Gasteiger partial charge is 0.244 e. The molecule has 9 heteroatoms. The first-order chi connectivity index (χ1) is 12.5. The number of rotatable bonds is 4. The van der Waals surface area contributed by atoms with Crippen molar-refractivity contribution in [1.29, 1.82) is 0 Å². The first kappa shape index (κ1) is 17.3. The summed E-state index contributed by atoms with van der Waals surface area (Å²) in [6, 6.07) is 3.17. The average Bonchev–Trinajstić information content (AvgIpc) is 2.60. The first-order valence-electron chi connectivity index (χ1n) is 8.46. The Morgan fingerprint density at radius 3 is 2.85 bits per heavy atom. The fraction of sp³-hybridized carbons (Fsp3) is 0.471. The van der Waals surface area contributed by atoms with Crippen molar-refractivity contribution < 1.29 is 17.9 Å². The van der Waals surface area contributed by atoms with Crippen LogP contribution in [0.1, 0.15) is 18.5 Å². The number of hydrogen-bond donors (Lipinski definition) is 0. The molecule has 4 rings (SSSR count). The molecule has 2 aliphatic rings. The lowest BCUT2D eigenvalue weighted by Crippen LogP contribution is -2.67. The SMILES string of the molecule is Cc1cncc(OC2CCOC3(C2)CN(S(=O)(=O)c2cccnc2)C3)n1. The molecular weight excluding hydrogens is 356 g/mol. The van der Waals surface area contributed by atoms with Crippen LogP contribution < -0.4 is 4.74 Å². The number of hydrogen-bond acceptors (Lipinski definition) is 7. The van der Waals surface area contributed by atoms with E-state index in [9.17, 15) is 8.42 Å². The maximum absolute atomic E-state index is 12.6. The minimum absolute atomic E-state index is 0.0666. The van der Waals surface area contributed by atoms with Gasteiger partial charge in [-0.15, -0.1) is 0 Å². The van der Waals surface area contributed by atoms with E-state index in [0.29, 0.717) is 32.0 Å². The van der Waals surface area contributed by atoms with Crippen LogP contribution >= 0.6 is 0 Å². The Bertz CT molecular complexity index is 885. The van der Waals surface area contributed by atoms with Gasteiger partial charge in [0.1, 0.15) is 11.0 Å². The molecule has 1 spiro atoms. The van der Waals surface area contributed by atoms with Gasteiger partial charge in [0.2, 0.25) is 15.9 Å². The Hall–Kier alpha value is -2.10. The monoisotopic (exact) mass is 376 g/mol. The van der Waals surface area contributed by atoms with Gasteiger partial charge < -0.3 is 9.47 Å². The van der Waals surface area contributed by atoms with Crippen LogP contribution in [0, 0.1) is 6.92 Å². The van der Waals surface area contributed by atoms with Crippen molar-refractivity contribution in [3.63, 3.8) is 0 Å². The van der Waals surface area contributed by atoms with Crippen molar-refractivity contribution >= 4 is 10.0 Å². The van der Waals surface area contributed by atoms with Crippen molar-refractivity contribution in [3.05, 3.63) is 42.6 Å². The summed E-state index contributed by atoms with van der Waals surface area (Å²) in [6.45, 7) is 3.04. The van der Waals surface area contributed by atoms with Crippen molar-refractivity contribution in [1.82, 2.24) is 19.3 Å². The minimum atomic E-state index is -3.53. The predicted molar refractivity (Wildman–Crippen MR) is 92.1 cm³/mol. The zero-order valence-corrected chi connectivity index (χ0v) is 15.2. The summed E-state index contributed by atoms with van der Waals surface area (Å²) in [5.74, 6) is 0.492. The Morgan fingerprint density at radius 2 is 2.12 bits per heavy atom. The molecule has 2 aliphatic heterocycles. The van der Waals surface area contributed by atoms with Crippen LogP contribution in [0.25, 0.3) is 0 Å². The Morgan fingerprint density at radius 1 is 1.27 bits per heavy atom. The second-order valence-electron chi connectivity index (χ2n) is 6.72. The van der Waals surface area contributed by atoms with E-state index in [-0.39, 0.29) is 11.0 Å². The molecule has 1 unspecified atom stereocenters. The van der Waals surface area contributed by atoms with Crippen LogP contribution in [0.3, 0.4) is 0 Å². The van der Waals surface area contributed by atoms with Crippen molar-refractivity contribution in [3.8, 4) is 5.88 Å². The molecule has 1 atom stereocenters. The van der Waals surface area contributed by atoms with Gasteiger partial charge in [-0.25, -0.2) is 13.4 Å². The molecule has 4 heterocycles. The number of aromatic nitrogens is 3. The van der Waals surface area contributed by atoms with Gasteiger partial charge in [0.25, 0.3) is 0 Å². The number of pyridine rings is 1. The molecule has 0 N–H and O–H groups in total. The molecule has 0 saturated carbocycles. The van der Waals surface area contributed by atoms with E-state index in [2.05, 4.69) is 15.0 Å². The molecule has 0 radical (unpaired) electrons. The highest BCUT2D eigenvalue weighted by molar-refractivity contribution is 7.89. The second kappa shape index (κ2) is 6.57. The lowest BCUT2D eigenvalue weighted by Gasteiger charge is -2.51. The summed E-state index contributed by atoms with van der Waals surface area (Å²) in [6.07, 6.45) is 7.49. The van der Waals surface area contributed by atoms with E-state index in [0.717, 1.165) is 12.1 Å². The molecule has 26 heavy (non-hydrogen) atoms. The molecule has 8 nitrogen and oxygen atoms in total. The maximum Gasteiger partial charge on any atom is 0.244 e. The van der Waals surface area contributed by atoms with Crippen molar-refractivity contribution in [2.45, 2.75) is 36.4 Å². The maximum atomic E-state index is 12.6. The Labute approximate surface area is 152 Å². The van der Waals surface area contributed by atoms with E-state index in [1.165, 1.54) is 10.5 Å². The average molecular weight is 376 g/mol. The highest BCUT2D eigenvalue weighted by Gasteiger charge is 2.52. The molecule has 2 aromatic rings. The predicted octanol–water partition coefficient (Wildman–Crippen LogP) is 1.18. The molecule has 0 amide bonds. The van der Waals surface area contributed by atoms with Crippen LogP contribution in [-0.4, -0.2) is 59.1 Å². The van der Waals surface area contributed by atoms with Gasteiger partial charge in [-0.3, -0.25) is 9.97 Å². The number of sulfonamides is 1. The molecule has 138 valence electrons. The van der Waals surface area contributed by atoms with Gasteiger partial charge in [-0.05, 0) is 19.1 Å². The highest BCUT2D eigenvalue weighted by Crippen LogP contribution is 2.38. The molecular formula is C17H20N4O4S. The molecule has 0 bridgehead atoms. The third kappa shape index (κ3) is 3.29. The molecule has 0 aliphatic carbocycles. The van der Waals surface area contributed by atoms with E-state index in [1.54, 1.807) is 30.7 Å². The topological polar surface area (TPSA) is 94.5 Å². The fourth-order valence-corrected chi connectivity index (χ4v) is 4.94. The summed E-state index contributed by atoms with van der Waals surface area (Å²) in [5.41, 5.74) is 0.303. The van der Waals surface area contributed by atoms with E-state index in [1.807, 2.05) is 6.92 Å². The lowest BCUT2D eigenvalue weighted by molar-refractivity contribution is -0.165. The van der Waals surface area contributed by atoms with Crippen LogP contribution in [0.2, 0.25) is 0 Å². The van der Waals surface area contributed by atoms with E-state index in [4.69, 9.17) is 9.47 Å². The van der Waals surface area contributed by atoms with Crippen molar-refractivity contribution in [2.24, 2.45) is 0 Å². The normalized spacial score (nSPS) is 22.7. The summed E-state index contributed by atoms with van der Waals surface area (Å²) in [4.78, 5) is 12.5. The third-order valence-electron chi connectivity index (χ3n) is 4.67. The Balaban J connectivity index is 1.41. The summed E-state index contributed by atoms with van der Waals surface area (Å²) < 4.78 is 38.5. The number of ether oxygens (including phenoxy) is 2. The van der Waals surface area contributed by atoms with E-state index >= 15 is 0 Å². The fourth-order valence-electron chi connectivity index (χ4n) is 3.39. The number of nitrogens with zero attached hydrogens (tertiary/aromatic N) is 4. The molecule has 2 saturated heterocycles. The summed E-state index contributed by atoms with van der Waals surface area (Å²) in [7, 11) is -3.53. The van der Waals surface area contributed by atoms with Gasteiger partial charge in [-0.1, -0.05) is 0 Å². The quantitative estimate of drug-likeness (QED) is 0.791. The largest absolute Gasteiger partial charge is 0.473 e. The summed E-state index contributed by atoms with van der Waals surface area (Å²) in [5, 5.41) is 0. The van der Waals surface area contributed by atoms with E-state index < -0.39 is 15.6 Å². The first-order valence-corrected chi connectivity index (χ1v) is 9.90. The zero-order chi connectivity index (χ0) is 18.2. The summed E-state index contributed by atoms with van der Waals surface area (Å²) >= 11 is 0. The van der Waals surface area contributed by atoms with Crippen LogP contribution in [-0.2, 0) is 14.8 Å². The van der Waals surface area contributed by atoms with Gasteiger partial charge in [0.15, 0.2) is 0 Å². The van der Waals surface area contributed by atoms with Gasteiger partial charge in [-0.2, -0.15) is 4.31 Å². The second-order valence-corrected chi connectivity index (χ2v) is 8.66. The van der Waals surface area contributed by atoms with Crippen molar-refractivity contribution in [2.75, 3.05) is 19.7 Å². The van der Waals surface area contributed by atoms with Gasteiger partial charge in [0, 0.05) is 44.5 Å². The van der Waals surface area contributed by atoms with Gasteiger partial charge >= 0.3 is 0 Å². The van der Waals surface area contributed by atoms with Crippen LogP contribution in [0.4, 0.5) is 0 Å². The standard InChI is InChI=1S/C17H20N4O4S/c1-13-8-19-10-16(20-13)25-14-4-6-24-17(7-14)11-21(12-17)26(22,23)15-3-2-5-18-9-15/h2-3,5,8-10,14H,4,6-7,11-12H2,1H3. The lowest BCUT2D eigenvalue weighted by atomic mass is 9.86. The van der Waals surface area contributed by atoms with Crippen LogP contribution in [0.15, 0.2) is 41.8 Å². The van der Waals surface area contributed by atoms with Gasteiger partial charge in [0.05, 0.1) is 24.1 Å². The molecule has 2 aromatic heterocycles. The highest BCUT2D eigenvalue weighted by atomic mass is 32.2. The molecule has 0 aromatic carbocycles. The Kier molecular flexibility index (Phi) is 4.37.